The summed E-state index contributed by atoms with van der Waals surface area (Å²) >= 11 is 1.59. The third-order valence-corrected chi connectivity index (χ3v) is 4.99. The van der Waals surface area contributed by atoms with Crippen LogP contribution in [0.5, 0.6) is 0 Å². The molecule has 2 heterocycles. The number of nitrogens with zero attached hydrogens (tertiary/aromatic N) is 2. The van der Waals surface area contributed by atoms with Gasteiger partial charge >= 0.3 is 0 Å². The topological polar surface area (TPSA) is 74.5 Å². The first-order chi connectivity index (χ1) is 11.0. The van der Waals surface area contributed by atoms with Gasteiger partial charge in [0, 0.05) is 17.7 Å². The Kier molecular flexibility index (Phi) is 4.22. The van der Waals surface area contributed by atoms with Gasteiger partial charge in [-0.25, -0.2) is 8.78 Å². The summed E-state index contributed by atoms with van der Waals surface area (Å²) in [5.74, 6) is -0.368. The van der Waals surface area contributed by atoms with Gasteiger partial charge in [0.2, 0.25) is 6.10 Å². The van der Waals surface area contributed by atoms with E-state index in [2.05, 4.69) is 16.5 Å². The van der Waals surface area contributed by atoms with Crippen molar-refractivity contribution in [1.82, 2.24) is 5.32 Å². The highest BCUT2D eigenvalue weighted by molar-refractivity contribution is 7.99. The maximum absolute atomic E-state index is 13.7. The molecule has 0 bridgehead atoms. The zero-order valence-electron chi connectivity index (χ0n) is 12.0. The lowest BCUT2D eigenvalue weighted by atomic mass is 9.99. The molecule has 120 valence electrons. The Bertz CT molecular complexity index is 711. The first-order valence-corrected chi connectivity index (χ1v) is 8.18. The summed E-state index contributed by atoms with van der Waals surface area (Å²) in [6, 6.07) is 5.16. The van der Waals surface area contributed by atoms with Crippen molar-refractivity contribution in [2.45, 2.75) is 24.5 Å². The number of rotatable bonds is 3. The van der Waals surface area contributed by atoms with E-state index in [9.17, 15) is 18.8 Å². The number of amides is 1. The summed E-state index contributed by atoms with van der Waals surface area (Å²) in [4.78, 5) is 17.3. The molecule has 8 heteroatoms. The predicted molar refractivity (Wildman–Crippen MR) is 80.8 cm³/mol. The first kappa shape index (κ1) is 15.7. The van der Waals surface area contributed by atoms with Gasteiger partial charge in [-0.3, -0.25) is 4.79 Å². The molecule has 0 radical (unpaired) electrons. The monoisotopic (exact) mass is 337 g/mol. The van der Waals surface area contributed by atoms with E-state index in [-0.39, 0.29) is 17.7 Å². The average Bonchev–Trinajstić information content (AvgIpc) is 3.19. The van der Waals surface area contributed by atoms with E-state index in [4.69, 9.17) is 4.84 Å². The lowest BCUT2D eigenvalue weighted by Crippen LogP contribution is -2.51. The molecule has 0 aliphatic carbocycles. The van der Waals surface area contributed by atoms with E-state index in [0.29, 0.717) is 12.2 Å². The van der Waals surface area contributed by atoms with Gasteiger partial charge in [-0.15, -0.1) is 0 Å². The molecule has 0 saturated carbocycles. The minimum Gasteiger partial charge on any atom is -0.382 e. The van der Waals surface area contributed by atoms with Crippen LogP contribution in [-0.2, 0) is 9.63 Å². The lowest BCUT2D eigenvalue weighted by Gasteiger charge is -2.22. The van der Waals surface area contributed by atoms with E-state index < -0.39 is 29.2 Å². The molecule has 1 aromatic rings. The maximum Gasteiger partial charge on any atom is 0.265 e. The molecule has 5 nitrogen and oxygen atoms in total. The van der Waals surface area contributed by atoms with E-state index in [1.165, 1.54) is 0 Å². The number of oxime groups is 1. The second-order valence-corrected chi connectivity index (χ2v) is 6.55. The number of thioether (sulfide) groups is 1. The number of hydrogen-bond donors (Lipinski definition) is 1. The molecule has 0 aromatic heterocycles. The molecule has 3 rings (SSSR count). The van der Waals surface area contributed by atoms with Gasteiger partial charge in [0.25, 0.3) is 5.91 Å². The van der Waals surface area contributed by atoms with Crippen molar-refractivity contribution in [2.24, 2.45) is 5.16 Å². The smallest absolute Gasteiger partial charge is 0.265 e. The molecular weight excluding hydrogens is 324 g/mol. The van der Waals surface area contributed by atoms with Gasteiger partial charge in [0.05, 0.1) is 11.8 Å². The standard InChI is InChI=1S/C15H13F2N3O2S/c16-9-1-2-11(17)10(5-9)12-6-13(22-20-12)14(21)19-15(7-18)3-4-23-8-15/h1-2,5,13H,3-4,6,8H2,(H,19,21). The Labute approximate surface area is 135 Å². The van der Waals surface area contributed by atoms with Gasteiger partial charge < -0.3 is 10.2 Å². The van der Waals surface area contributed by atoms with Crippen LogP contribution in [0, 0.1) is 23.0 Å². The van der Waals surface area contributed by atoms with Gasteiger partial charge in [0.1, 0.15) is 17.2 Å². The molecule has 2 atom stereocenters. The van der Waals surface area contributed by atoms with E-state index in [1.807, 2.05) is 0 Å². The SMILES string of the molecule is N#CC1(NC(=O)C2CC(c3cc(F)ccc3F)=NO2)CCSC1. The molecule has 1 aromatic carbocycles. The van der Waals surface area contributed by atoms with Gasteiger partial charge in [-0.2, -0.15) is 17.0 Å². The largest absolute Gasteiger partial charge is 0.382 e. The highest BCUT2D eigenvalue weighted by atomic mass is 32.2. The van der Waals surface area contributed by atoms with Crippen LogP contribution >= 0.6 is 11.8 Å². The minimum atomic E-state index is -0.941. The summed E-state index contributed by atoms with van der Waals surface area (Å²) in [6.07, 6.45) is -0.344. The molecular formula is C15H13F2N3O2S. The first-order valence-electron chi connectivity index (χ1n) is 7.02. The van der Waals surface area contributed by atoms with Crippen LogP contribution in [0.1, 0.15) is 18.4 Å². The Hall–Kier alpha value is -2.14. The zero-order chi connectivity index (χ0) is 16.4. The number of nitriles is 1. The maximum atomic E-state index is 13.7. The quantitative estimate of drug-likeness (QED) is 0.915. The van der Waals surface area contributed by atoms with Crippen molar-refractivity contribution in [3.8, 4) is 6.07 Å². The van der Waals surface area contributed by atoms with Crippen LogP contribution in [-0.4, -0.2) is 34.8 Å². The molecule has 2 aliphatic rings. The van der Waals surface area contributed by atoms with Gasteiger partial charge in [-0.1, -0.05) is 5.16 Å². The second-order valence-electron chi connectivity index (χ2n) is 5.45. The fraction of sp³-hybridized carbons (Fsp3) is 0.400. The number of carbonyl (C=O) groups is 1. The summed E-state index contributed by atoms with van der Waals surface area (Å²) in [5, 5.41) is 15.7. The van der Waals surface area contributed by atoms with Crippen LogP contribution < -0.4 is 5.32 Å². The molecule has 0 spiro atoms. The van der Waals surface area contributed by atoms with E-state index >= 15 is 0 Å². The van der Waals surface area contributed by atoms with E-state index in [0.717, 1.165) is 24.0 Å². The van der Waals surface area contributed by atoms with Gasteiger partial charge in [0.15, 0.2) is 0 Å². The van der Waals surface area contributed by atoms with Crippen LogP contribution in [0.3, 0.4) is 0 Å². The number of nitrogens with one attached hydrogen (secondary N) is 1. The third-order valence-electron chi connectivity index (χ3n) is 3.80. The summed E-state index contributed by atoms with van der Waals surface area (Å²) in [7, 11) is 0. The number of halogens is 2. The Morgan fingerprint density at radius 2 is 2.35 bits per heavy atom. The van der Waals surface area contributed by atoms with Crippen molar-refractivity contribution in [3.05, 3.63) is 35.4 Å². The van der Waals surface area contributed by atoms with E-state index in [1.54, 1.807) is 11.8 Å². The lowest BCUT2D eigenvalue weighted by molar-refractivity contribution is -0.132. The average molecular weight is 337 g/mol. The fourth-order valence-corrected chi connectivity index (χ4v) is 3.76. The molecule has 1 N–H and O–H groups in total. The van der Waals surface area contributed by atoms with Crippen LogP contribution in [0.15, 0.2) is 23.4 Å². The summed E-state index contributed by atoms with van der Waals surface area (Å²) < 4.78 is 27.0. The minimum absolute atomic E-state index is 0.0216. The number of benzene rings is 1. The van der Waals surface area contributed by atoms with Crippen molar-refractivity contribution >= 4 is 23.4 Å². The molecule has 2 unspecified atom stereocenters. The molecule has 23 heavy (non-hydrogen) atoms. The summed E-state index contributed by atoms with van der Waals surface area (Å²) in [6.45, 7) is 0. The fourth-order valence-electron chi connectivity index (χ4n) is 2.49. The predicted octanol–water partition coefficient (Wildman–Crippen LogP) is 1.97. The zero-order valence-corrected chi connectivity index (χ0v) is 12.8. The highest BCUT2D eigenvalue weighted by Gasteiger charge is 2.40. The van der Waals surface area contributed by atoms with Gasteiger partial charge in [-0.05, 0) is 30.4 Å². The van der Waals surface area contributed by atoms with Crippen molar-refractivity contribution in [2.75, 3.05) is 11.5 Å². The molecule has 1 amide bonds. The summed E-state index contributed by atoms with van der Waals surface area (Å²) in [5.41, 5.74) is -0.738. The van der Waals surface area contributed by atoms with Crippen molar-refractivity contribution < 1.29 is 18.4 Å². The highest BCUT2D eigenvalue weighted by Crippen LogP contribution is 2.28. The van der Waals surface area contributed by atoms with Crippen LogP contribution in [0.4, 0.5) is 8.78 Å². The Balaban J connectivity index is 1.68. The van der Waals surface area contributed by atoms with Crippen molar-refractivity contribution in [1.29, 1.82) is 5.26 Å². The molecule has 1 saturated heterocycles. The normalized spacial score (nSPS) is 26.3. The van der Waals surface area contributed by atoms with Crippen LogP contribution in [0.2, 0.25) is 0 Å². The Morgan fingerprint density at radius 3 is 3.04 bits per heavy atom. The Morgan fingerprint density at radius 1 is 1.52 bits per heavy atom. The second kappa shape index (κ2) is 6.16. The number of carbonyl (C=O) groups excluding carboxylic acids is 1. The molecule has 2 aliphatic heterocycles. The third kappa shape index (κ3) is 3.15. The number of hydrogen-bond acceptors (Lipinski definition) is 5. The molecule has 1 fully saturated rings. The van der Waals surface area contributed by atoms with Crippen LogP contribution in [0.25, 0.3) is 0 Å². The van der Waals surface area contributed by atoms with Crippen molar-refractivity contribution in [3.63, 3.8) is 0 Å².